The number of nitrogens with zero attached hydrogens (tertiary/aromatic N) is 2. The van der Waals surface area contributed by atoms with Crippen LogP contribution in [-0.2, 0) is 0 Å². The molecule has 14 heavy (non-hydrogen) atoms. The lowest BCUT2D eigenvalue weighted by Gasteiger charge is -2.08. The van der Waals surface area contributed by atoms with E-state index in [0.717, 1.165) is 0 Å². The molecule has 1 aliphatic rings. The van der Waals surface area contributed by atoms with Gasteiger partial charge in [-0.25, -0.2) is 0 Å². The number of benzene rings is 1. The van der Waals surface area contributed by atoms with Gasteiger partial charge in [0.1, 0.15) is 6.04 Å². The summed E-state index contributed by atoms with van der Waals surface area (Å²) in [5.41, 5.74) is 0.697. The average molecular weight is 253 g/mol. The predicted octanol–water partition coefficient (Wildman–Crippen LogP) is 2.47. The molecule has 0 fully saturated rings. The van der Waals surface area contributed by atoms with E-state index >= 15 is 0 Å². The fraction of sp³-hybridized carbons (Fsp3) is 0.300. The highest BCUT2D eigenvalue weighted by atomic mass is 79.9. The minimum Gasteiger partial charge on any atom is -0.292 e. The van der Waals surface area contributed by atoms with Crippen LogP contribution in [0.1, 0.15) is 10.4 Å². The predicted molar refractivity (Wildman–Crippen MR) is 57.0 cm³/mol. The molecule has 2 rings (SSSR count). The molecule has 1 heterocycles. The van der Waals surface area contributed by atoms with Crippen LogP contribution in [-0.4, -0.2) is 23.2 Å². The lowest BCUT2D eigenvalue weighted by Crippen LogP contribution is -2.26. The zero-order valence-corrected chi connectivity index (χ0v) is 9.02. The Hall–Kier alpha value is -1.03. The Morgan fingerprint density at radius 2 is 2.07 bits per heavy atom. The molecule has 0 amide bonds. The number of hydrogen-bond acceptors (Lipinski definition) is 3. The fourth-order valence-corrected chi connectivity index (χ4v) is 1.85. The van der Waals surface area contributed by atoms with Gasteiger partial charge in [-0.1, -0.05) is 46.3 Å². The molecule has 0 aliphatic carbocycles. The minimum absolute atomic E-state index is 0.0359. The van der Waals surface area contributed by atoms with Crippen LogP contribution in [0.3, 0.4) is 0 Å². The maximum absolute atomic E-state index is 11.9. The summed E-state index contributed by atoms with van der Waals surface area (Å²) in [5.74, 6) is 0.0359. The van der Waals surface area contributed by atoms with E-state index in [1.807, 2.05) is 18.2 Å². The Morgan fingerprint density at radius 3 is 2.64 bits per heavy atom. The second kappa shape index (κ2) is 4.00. The summed E-state index contributed by atoms with van der Waals surface area (Å²) in [6, 6.07) is 8.84. The zero-order chi connectivity index (χ0) is 9.97. The van der Waals surface area contributed by atoms with Crippen molar-refractivity contribution >= 4 is 21.7 Å². The van der Waals surface area contributed by atoms with Crippen molar-refractivity contribution in [1.82, 2.24) is 0 Å². The topological polar surface area (TPSA) is 41.8 Å². The second-order valence-electron chi connectivity index (χ2n) is 3.13. The van der Waals surface area contributed by atoms with Crippen LogP contribution in [0.25, 0.3) is 0 Å². The zero-order valence-electron chi connectivity index (χ0n) is 7.43. The molecule has 0 radical (unpaired) electrons. The van der Waals surface area contributed by atoms with Crippen molar-refractivity contribution in [3.05, 3.63) is 35.9 Å². The van der Waals surface area contributed by atoms with Gasteiger partial charge >= 0.3 is 0 Å². The second-order valence-corrected chi connectivity index (χ2v) is 4.31. The number of carbonyl (C=O) groups excluding carboxylic acids is 1. The van der Waals surface area contributed by atoms with Gasteiger partial charge in [-0.3, -0.25) is 4.79 Å². The molecule has 3 nitrogen and oxygen atoms in total. The van der Waals surface area contributed by atoms with Gasteiger partial charge in [0.15, 0.2) is 5.78 Å². The van der Waals surface area contributed by atoms with Crippen LogP contribution >= 0.6 is 15.9 Å². The summed E-state index contributed by atoms with van der Waals surface area (Å²) in [6.07, 6.45) is 0. The minimum atomic E-state index is -0.350. The van der Waals surface area contributed by atoms with Gasteiger partial charge in [0.05, 0.1) is 11.4 Å². The van der Waals surface area contributed by atoms with Crippen LogP contribution in [0.5, 0.6) is 0 Å². The molecular weight excluding hydrogens is 244 g/mol. The molecule has 0 saturated heterocycles. The molecule has 0 saturated carbocycles. The van der Waals surface area contributed by atoms with Crippen molar-refractivity contribution in [2.75, 3.05) is 6.54 Å². The number of ketones is 1. The summed E-state index contributed by atoms with van der Waals surface area (Å²) >= 11 is 3.39. The molecule has 1 aromatic carbocycles. The van der Waals surface area contributed by atoms with Crippen molar-refractivity contribution in [2.45, 2.75) is 10.9 Å². The summed E-state index contributed by atoms with van der Waals surface area (Å²) in [5, 5.41) is 7.77. The van der Waals surface area contributed by atoms with Crippen molar-refractivity contribution < 1.29 is 4.79 Å². The Balaban J connectivity index is 2.20. The largest absolute Gasteiger partial charge is 0.292 e. The Labute approximate surface area is 90.4 Å². The van der Waals surface area contributed by atoms with Gasteiger partial charge < -0.3 is 0 Å². The van der Waals surface area contributed by atoms with Crippen molar-refractivity contribution in [1.29, 1.82) is 0 Å². The van der Waals surface area contributed by atoms with E-state index in [1.54, 1.807) is 12.1 Å². The summed E-state index contributed by atoms with van der Waals surface area (Å²) < 4.78 is 0. The number of Topliss-reactive ketones (excluding diaryl/α,β-unsaturated/α-hetero) is 1. The molecule has 2 atom stereocenters. The molecular formula is C10H9BrN2O. The molecule has 0 unspecified atom stereocenters. The summed E-state index contributed by atoms with van der Waals surface area (Å²) in [6.45, 7) is 0.587. The first-order valence-corrected chi connectivity index (χ1v) is 5.30. The SMILES string of the molecule is O=C(c1ccccc1)[C@H]1N=NC[C@H]1Br. The third-order valence-electron chi connectivity index (χ3n) is 2.13. The monoisotopic (exact) mass is 252 g/mol. The summed E-state index contributed by atoms with van der Waals surface area (Å²) in [7, 11) is 0. The van der Waals surface area contributed by atoms with Crippen LogP contribution < -0.4 is 0 Å². The van der Waals surface area contributed by atoms with Gasteiger partial charge in [0.25, 0.3) is 0 Å². The molecule has 4 heteroatoms. The van der Waals surface area contributed by atoms with Crippen molar-refractivity contribution in [3.63, 3.8) is 0 Å². The van der Waals surface area contributed by atoms with Gasteiger partial charge in [0.2, 0.25) is 0 Å². The first-order valence-electron chi connectivity index (χ1n) is 4.39. The van der Waals surface area contributed by atoms with Gasteiger partial charge in [0, 0.05) is 5.56 Å². The summed E-state index contributed by atoms with van der Waals surface area (Å²) in [4.78, 5) is 11.9. The van der Waals surface area contributed by atoms with E-state index in [-0.39, 0.29) is 16.7 Å². The van der Waals surface area contributed by atoms with Gasteiger partial charge in [-0.15, -0.1) is 0 Å². The highest BCUT2D eigenvalue weighted by Gasteiger charge is 2.30. The number of hydrogen-bond donors (Lipinski definition) is 0. The van der Waals surface area contributed by atoms with Crippen LogP contribution in [0.15, 0.2) is 40.6 Å². The molecule has 0 bridgehead atoms. The van der Waals surface area contributed by atoms with Crippen LogP contribution in [0.2, 0.25) is 0 Å². The van der Waals surface area contributed by atoms with E-state index in [4.69, 9.17) is 0 Å². The maximum Gasteiger partial charge on any atom is 0.190 e. The van der Waals surface area contributed by atoms with E-state index in [1.165, 1.54) is 0 Å². The smallest absolute Gasteiger partial charge is 0.190 e. The van der Waals surface area contributed by atoms with Gasteiger partial charge in [-0.05, 0) is 0 Å². The normalized spacial score (nSPS) is 25.2. The Morgan fingerprint density at radius 1 is 1.36 bits per heavy atom. The quantitative estimate of drug-likeness (QED) is 0.589. The maximum atomic E-state index is 11.9. The highest BCUT2D eigenvalue weighted by Crippen LogP contribution is 2.20. The number of carbonyl (C=O) groups is 1. The molecule has 72 valence electrons. The van der Waals surface area contributed by atoms with Crippen molar-refractivity contribution in [3.8, 4) is 0 Å². The molecule has 0 spiro atoms. The van der Waals surface area contributed by atoms with E-state index in [9.17, 15) is 4.79 Å². The standard InChI is InChI=1S/C10H9BrN2O/c11-8-6-12-13-9(8)10(14)7-4-2-1-3-5-7/h1-5,8-9H,6H2/t8-,9+/m1/s1. The molecule has 1 aromatic rings. The molecule has 0 N–H and O–H groups in total. The van der Waals surface area contributed by atoms with Gasteiger partial charge in [-0.2, -0.15) is 10.2 Å². The third-order valence-corrected chi connectivity index (χ3v) is 2.92. The Bertz CT molecular complexity index is 364. The van der Waals surface area contributed by atoms with Crippen LogP contribution in [0, 0.1) is 0 Å². The fourth-order valence-electron chi connectivity index (χ4n) is 1.38. The lowest BCUT2D eigenvalue weighted by atomic mass is 10.0. The lowest BCUT2D eigenvalue weighted by molar-refractivity contribution is 0.0965. The van der Waals surface area contributed by atoms with Crippen molar-refractivity contribution in [2.24, 2.45) is 10.2 Å². The third kappa shape index (κ3) is 1.75. The molecule has 0 aromatic heterocycles. The first kappa shape index (κ1) is 9.52. The van der Waals surface area contributed by atoms with E-state index < -0.39 is 0 Å². The van der Waals surface area contributed by atoms with E-state index in [2.05, 4.69) is 26.2 Å². The molecule has 1 aliphatic heterocycles. The first-order chi connectivity index (χ1) is 6.79. The average Bonchev–Trinajstić information content (AvgIpc) is 2.65. The van der Waals surface area contributed by atoms with E-state index in [0.29, 0.717) is 12.1 Å². The number of rotatable bonds is 2. The number of halogens is 1. The van der Waals surface area contributed by atoms with Crippen LogP contribution in [0.4, 0.5) is 0 Å². The highest BCUT2D eigenvalue weighted by molar-refractivity contribution is 9.09. The Kier molecular flexibility index (Phi) is 2.72. The number of alkyl halides is 1. The number of azo groups is 1.